The van der Waals surface area contributed by atoms with E-state index in [4.69, 9.17) is 4.74 Å². The number of para-hydroxylation sites is 1. The number of carbonyl (C=O) groups is 1. The Hall–Kier alpha value is -2.40. The minimum atomic E-state index is -0.297. The van der Waals surface area contributed by atoms with Crippen molar-refractivity contribution in [3.63, 3.8) is 0 Å². The number of benzene rings is 2. The van der Waals surface area contributed by atoms with E-state index in [2.05, 4.69) is 9.97 Å². The van der Waals surface area contributed by atoms with Crippen molar-refractivity contribution in [2.75, 3.05) is 12.4 Å². The van der Waals surface area contributed by atoms with Gasteiger partial charge in [-0.25, -0.2) is 14.8 Å². The zero-order valence-corrected chi connectivity index (χ0v) is 12.6. The van der Waals surface area contributed by atoms with Crippen LogP contribution in [0.2, 0.25) is 0 Å². The fraction of sp³-hybridized carbons (Fsp3) is 0.118. The summed E-state index contributed by atoms with van der Waals surface area (Å²) in [5, 5.41) is 1.92. The molecule has 1 heterocycles. The van der Waals surface area contributed by atoms with Gasteiger partial charge >= 0.3 is 5.97 Å². The fourth-order valence-electron chi connectivity index (χ4n) is 2.03. The lowest BCUT2D eigenvalue weighted by Crippen LogP contribution is -2.07. The molecule has 0 aliphatic carbocycles. The van der Waals surface area contributed by atoms with E-state index in [0.717, 1.165) is 15.9 Å². The third-order valence-corrected chi connectivity index (χ3v) is 4.04. The van der Waals surface area contributed by atoms with Crippen LogP contribution in [0.3, 0.4) is 0 Å². The minimum absolute atomic E-state index is 0.297. The Balaban J connectivity index is 1.56. The first-order chi connectivity index (χ1) is 10.8. The monoisotopic (exact) mass is 310 g/mol. The first-order valence-electron chi connectivity index (χ1n) is 6.89. The summed E-state index contributed by atoms with van der Waals surface area (Å²) in [6.45, 7) is 0.344. The van der Waals surface area contributed by atoms with E-state index in [-0.39, 0.29) is 5.97 Å². The molecule has 1 aromatic heterocycles. The molecule has 0 aliphatic rings. The Kier molecular flexibility index (Phi) is 4.65. The van der Waals surface area contributed by atoms with Crippen molar-refractivity contribution in [2.45, 2.75) is 5.03 Å². The van der Waals surface area contributed by atoms with Gasteiger partial charge in [-0.2, -0.15) is 0 Å². The third kappa shape index (κ3) is 3.43. The summed E-state index contributed by atoms with van der Waals surface area (Å²) >= 11 is 1.56. The molecule has 0 spiro atoms. The van der Waals surface area contributed by atoms with Crippen molar-refractivity contribution < 1.29 is 9.53 Å². The largest absolute Gasteiger partial charge is 0.461 e. The number of rotatable bonds is 5. The van der Waals surface area contributed by atoms with Gasteiger partial charge in [0, 0.05) is 11.1 Å². The molecular weight excluding hydrogens is 296 g/mol. The van der Waals surface area contributed by atoms with E-state index < -0.39 is 0 Å². The maximum atomic E-state index is 11.8. The quantitative estimate of drug-likeness (QED) is 0.312. The normalized spacial score (nSPS) is 10.5. The van der Waals surface area contributed by atoms with Gasteiger partial charge in [0.1, 0.15) is 18.0 Å². The molecule has 0 unspecified atom stereocenters. The summed E-state index contributed by atoms with van der Waals surface area (Å²) in [6, 6.07) is 16.9. The summed E-state index contributed by atoms with van der Waals surface area (Å²) in [7, 11) is 0. The van der Waals surface area contributed by atoms with Crippen molar-refractivity contribution in [1.82, 2.24) is 9.97 Å². The molecule has 3 rings (SSSR count). The SMILES string of the molecule is O=C(OCCSc1ncnc2ccccc12)c1ccccc1. The molecule has 110 valence electrons. The first-order valence-corrected chi connectivity index (χ1v) is 7.88. The van der Waals surface area contributed by atoms with Crippen LogP contribution in [0.1, 0.15) is 10.4 Å². The molecule has 0 atom stereocenters. The number of ether oxygens (including phenoxy) is 1. The van der Waals surface area contributed by atoms with Gasteiger partial charge in [0.25, 0.3) is 0 Å². The number of aromatic nitrogens is 2. The van der Waals surface area contributed by atoms with Crippen LogP contribution in [-0.4, -0.2) is 28.3 Å². The summed E-state index contributed by atoms with van der Waals surface area (Å²) in [5.41, 5.74) is 1.49. The molecule has 2 aromatic carbocycles. The van der Waals surface area contributed by atoms with Gasteiger partial charge < -0.3 is 4.74 Å². The molecule has 5 heteroatoms. The number of thioether (sulfide) groups is 1. The number of hydrogen-bond acceptors (Lipinski definition) is 5. The molecular formula is C17H14N2O2S. The van der Waals surface area contributed by atoms with Crippen LogP contribution < -0.4 is 0 Å². The van der Waals surface area contributed by atoms with Crippen molar-refractivity contribution in [3.05, 3.63) is 66.5 Å². The molecule has 0 amide bonds. The van der Waals surface area contributed by atoms with E-state index in [1.807, 2.05) is 42.5 Å². The number of hydrogen-bond donors (Lipinski definition) is 0. The maximum absolute atomic E-state index is 11.8. The molecule has 0 bridgehead atoms. The van der Waals surface area contributed by atoms with Gasteiger partial charge in [0.15, 0.2) is 0 Å². The first kappa shape index (κ1) is 14.5. The Morgan fingerprint density at radius 2 is 1.77 bits per heavy atom. The predicted molar refractivity (Wildman–Crippen MR) is 87.0 cm³/mol. The minimum Gasteiger partial charge on any atom is -0.461 e. The van der Waals surface area contributed by atoms with Gasteiger partial charge in [-0.05, 0) is 18.2 Å². The Morgan fingerprint density at radius 1 is 1.00 bits per heavy atom. The van der Waals surface area contributed by atoms with E-state index in [0.29, 0.717) is 17.9 Å². The van der Waals surface area contributed by atoms with Crippen molar-refractivity contribution in [1.29, 1.82) is 0 Å². The average molecular weight is 310 g/mol. The van der Waals surface area contributed by atoms with Gasteiger partial charge in [-0.1, -0.05) is 36.4 Å². The van der Waals surface area contributed by atoms with E-state index >= 15 is 0 Å². The summed E-state index contributed by atoms with van der Waals surface area (Å²) in [6.07, 6.45) is 1.56. The molecule has 0 N–H and O–H groups in total. The maximum Gasteiger partial charge on any atom is 0.338 e. The van der Waals surface area contributed by atoms with Crippen LogP contribution in [0.5, 0.6) is 0 Å². The van der Waals surface area contributed by atoms with Crippen LogP contribution >= 0.6 is 11.8 Å². The number of esters is 1. The van der Waals surface area contributed by atoms with Gasteiger partial charge in [0.2, 0.25) is 0 Å². The van der Waals surface area contributed by atoms with Crippen molar-refractivity contribution >= 4 is 28.6 Å². The van der Waals surface area contributed by atoms with E-state index in [1.54, 1.807) is 30.2 Å². The second kappa shape index (κ2) is 7.04. The molecule has 0 saturated carbocycles. The molecule has 0 aliphatic heterocycles. The zero-order chi connectivity index (χ0) is 15.2. The average Bonchev–Trinajstić information content (AvgIpc) is 2.59. The lowest BCUT2D eigenvalue weighted by molar-refractivity contribution is 0.0530. The fourth-order valence-corrected chi connectivity index (χ4v) is 2.84. The Bertz CT molecular complexity index is 772. The summed E-state index contributed by atoms with van der Waals surface area (Å²) in [4.78, 5) is 20.3. The Labute approximate surface area is 132 Å². The third-order valence-electron chi connectivity index (χ3n) is 3.07. The molecule has 3 aromatic rings. The van der Waals surface area contributed by atoms with E-state index in [9.17, 15) is 4.79 Å². The summed E-state index contributed by atoms with van der Waals surface area (Å²) < 4.78 is 5.26. The molecule has 0 radical (unpaired) electrons. The van der Waals surface area contributed by atoms with Gasteiger partial charge in [-0.3, -0.25) is 0 Å². The standard InChI is InChI=1S/C17H14N2O2S/c20-17(13-6-2-1-3-7-13)21-10-11-22-16-14-8-4-5-9-15(14)18-12-19-16/h1-9,12H,10-11H2. The lowest BCUT2D eigenvalue weighted by atomic mass is 10.2. The summed E-state index contributed by atoms with van der Waals surface area (Å²) in [5.74, 6) is 0.355. The molecule has 0 fully saturated rings. The highest BCUT2D eigenvalue weighted by Gasteiger charge is 2.07. The highest BCUT2D eigenvalue weighted by atomic mass is 32.2. The zero-order valence-electron chi connectivity index (χ0n) is 11.8. The van der Waals surface area contributed by atoms with Crippen LogP contribution in [-0.2, 0) is 4.74 Å². The van der Waals surface area contributed by atoms with Gasteiger partial charge in [0.05, 0.1) is 11.1 Å². The van der Waals surface area contributed by atoms with Crippen molar-refractivity contribution in [3.8, 4) is 0 Å². The van der Waals surface area contributed by atoms with Crippen molar-refractivity contribution in [2.24, 2.45) is 0 Å². The lowest BCUT2D eigenvalue weighted by Gasteiger charge is -2.06. The molecule has 22 heavy (non-hydrogen) atoms. The van der Waals surface area contributed by atoms with Crippen LogP contribution in [0.25, 0.3) is 10.9 Å². The smallest absolute Gasteiger partial charge is 0.338 e. The van der Waals surface area contributed by atoms with Crippen LogP contribution in [0.4, 0.5) is 0 Å². The highest BCUT2D eigenvalue weighted by molar-refractivity contribution is 7.99. The predicted octanol–water partition coefficient (Wildman–Crippen LogP) is 3.58. The Morgan fingerprint density at radius 3 is 2.64 bits per heavy atom. The van der Waals surface area contributed by atoms with Crippen LogP contribution in [0.15, 0.2) is 66.0 Å². The number of carbonyl (C=O) groups excluding carboxylic acids is 1. The second-order valence-corrected chi connectivity index (χ2v) is 5.63. The number of fused-ring (bicyclic) bond motifs is 1. The highest BCUT2D eigenvalue weighted by Crippen LogP contribution is 2.23. The topological polar surface area (TPSA) is 52.1 Å². The van der Waals surface area contributed by atoms with Gasteiger partial charge in [-0.15, -0.1) is 11.8 Å². The molecule has 4 nitrogen and oxygen atoms in total. The second-order valence-electron chi connectivity index (χ2n) is 4.55. The number of nitrogens with zero attached hydrogens (tertiary/aromatic N) is 2. The van der Waals surface area contributed by atoms with Crippen LogP contribution in [0, 0.1) is 0 Å². The van der Waals surface area contributed by atoms with E-state index in [1.165, 1.54) is 0 Å². The molecule has 0 saturated heterocycles.